The number of aryl methyl sites for hydroxylation is 1. The Bertz CT molecular complexity index is 1040. The van der Waals surface area contributed by atoms with Gasteiger partial charge in [-0.15, -0.1) is 0 Å². The summed E-state index contributed by atoms with van der Waals surface area (Å²) in [6.07, 6.45) is 2.35. The van der Waals surface area contributed by atoms with Crippen LogP contribution in [0.25, 0.3) is 0 Å². The third-order valence-electron chi connectivity index (χ3n) is 5.68. The number of fused-ring (bicyclic) bond motifs is 1. The first-order valence-electron chi connectivity index (χ1n) is 10.4. The number of piperidine rings is 1. The van der Waals surface area contributed by atoms with Crippen LogP contribution in [-0.4, -0.2) is 51.5 Å². The summed E-state index contributed by atoms with van der Waals surface area (Å²) in [7, 11) is -3.62. The van der Waals surface area contributed by atoms with E-state index in [9.17, 15) is 17.6 Å². The molecule has 0 aromatic heterocycles. The summed E-state index contributed by atoms with van der Waals surface area (Å²) < 4.78 is 47.0. The fourth-order valence-electron chi connectivity index (χ4n) is 3.91. The van der Waals surface area contributed by atoms with E-state index >= 15 is 0 Å². The Kier molecular flexibility index (Phi) is 6.54. The highest BCUT2D eigenvalue weighted by Gasteiger charge is 2.26. The summed E-state index contributed by atoms with van der Waals surface area (Å²) in [4.78, 5) is 13.9. The van der Waals surface area contributed by atoms with Gasteiger partial charge in [0.1, 0.15) is 18.2 Å². The number of sulfonamides is 1. The quantitative estimate of drug-likeness (QED) is 0.681. The molecule has 0 aliphatic carbocycles. The van der Waals surface area contributed by atoms with Crippen molar-refractivity contribution in [1.82, 2.24) is 9.62 Å². The molecule has 4 rings (SSSR count). The van der Waals surface area contributed by atoms with Crippen LogP contribution in [0.4, 0.5) is 10.1 Å². The fraction of sp³-hybridized carbons (Fsp3) is 0.409. The molecule has 166 valence electrons. The van der Waals surface area contributed by atoms with Crippen LogP contribution < -0.4 is 14.8 Å². The number of carbonyl (C=O) groups is 1. The highest BCUT2D eigenvalue weighted by Crippen LogP contribution is 2.26. The minimum atomic E-state index is -3.62. The van der Waals surface area contributed by atoms with Crippen LogP contribution in [-0.2, 0) is 21.2 Å². The minimum absolute atomic E-state index is 0.0453. The van der Waals surface area contributed by atoms with Crippen molar-refractivity contribution in [2.24, 2.45) is 0 Å². The van der Waals surface area contributed by atoms with Gasteiger partial charge in [-0.05, 0) is 80.4 Å². The Labute approximate surface area is 181 Å². The van der Waals surface area contributed by atoms with Crippen LogP contribution in [0.1, 0.15) is 24.8 Å². The van der Waals surface area contributed by atoms with Gasteiger partial charge >= 0.3 is 0 Å². The zero-order valence-corrected chi connectivity index (χ0v) is 18.0. The van der Waals surface area contributed by atoms with E-state index in [4.69, 9.17) is 4.74 Å². The number of nitrogens with one attached hydrogen (secondary N) is 2. The summed E-state index contributed by atoms with van der Waals surface area (Å²) >= 11 is 0. The molecule has 0 spiro atoms. The number of benzene rings is 2. The summed E-state index contributed by atoms with van der Waals surface area (Å²) in [5, 5.41) is 2.77. The van der Waals surface area contributed by atoms with E-state index in [0.717, 1.165) is 38.0 Å². The number of anilines is 1. The normalized spacial score (nSPS) is 17.8. The smallest absolute Gasteiger partial charge is 0.240 e. The first kappa shape index (κ1) is 21.7. The third-order valence-corrected chi connectivity index (χ3v) is 7.20. The predicted octanol–water partition coefficient (Wildman–Crippen LogP) is 2.53. The number of rotatable bonds is 7. The highest BCUT2D eigenvalue weighted by molar-refractivity contribution is 7.89. The zero-order valence-electron chi connectivity index (χ0n) is 17.1. The standard InChI is InChI=1S/C22H26FN3O4S/c23-17-2-4-19(5-3-17)30-14-13-26-11-9-18(10-12-26)25-31(28,29)20-6-7-21-16(15-20)1-8-22(27)24-21/h2-7,15,18,25H,1,8-14H2,(H,24,27). The summed E-state index contributed by atoms with van der Waals surface area (Å²) in [6.45, 7) is 2.77. The number of amides is 1. The van der Waals surface area contributed by atoms with Gasteiger partial charge in [0, 0.05) is 24.7 Å². The molecule has 1 fully saturated rings. The molecule has 2 aromatic carbocycles. The van der Waals surface area contributed by atoms with Crippen molar-refractivity contribution < 1.29 is 22.3 Å². The Morgan fingerprint density at radius 2 is 1.84 bits per heavy atom. The van der Waals surface area contributed by atoms with Crippen molar-refractivity contribution in [3.05, 3.63) is 53.8 Å². The lowest BCUT2D eigenvalue weighted by molar-refractivity contribution is -0.116. The number of ether oxygens (including phenoxy) is 1. The molecule has 0 bridgehead atoms. The van der Waals surface area contributed by atoms with Crippen molar-refractivity contribution in [2.75, 3.05) is 31.6 Å². The van der Waals surface area contributed by atoms with Gasteiger partial charge in [-0.25, -0.2) is 17.5 Å². The molecule has 9 heteroatoms. The van der Waals surface area contributed by atoms with Crippen molar-refractivity contribution in [1.29, 1.82) is 0 Å². The second-order valence-electron chi connectivity index (χ2n) is 7.91. The maximum absolute atomic E-state index is 12.9. The third kappa shape index (κ3) is 5.61. The molecular formula is C22H26FN3O4S. The fourth-order valence-corrected chi connectivity index (χ4v) is 5.27. The van der Waals surface area contributed by atoms with Gasteiger partial charge in [0.15, 0.2) is 0 Å². The molecule has 31 heavy (non-hydrogen) atoms. The molecule has 0 saturated carbocycles. The van der Waals surface area contributed by atoms with E-state index in [1.54, 1.807) is 24.3 Å². The van der Waals surface area contributed by atoms with E-state index in [2.05, 4.69) is 14.9 Å². The van der Waals surface area contributed by atoms with Crippen LogP contribution in [0.5, 0.6) is 5.75 Å². The lowest BCUT2D eigenvalue weighted by Gasteiger charge is -2.32. The van der Waals surface area contributed by atoms with Gasteiger partial charge in [-0.1, -0.05) is 0 Å². The number of carbonyl (C=O) groups excluding carboxylic acids is 1. The van der Waals surface area contributed by atoms with E-state index in [-0.39, 0.29) is 22.7 Å². The predicted molar refractivity (Wildman–Crippen MR) is 115 cm³/mol. The average Bonchev–Trinajstić information content (AvgIpc) is 2.76. The van der Waals surface area contributed by atoms with Crippen molar-refractivity contribution >= 4 is 21.6 Å². The maximum atomic E-state index is 12.9. The van der Waals surface area contributed by atoms with Crippen LogP contribution in [0.15, 0.2) is 47.4 Å². The molecule has 2 aliphatic heterocycles. The molecule has 1 amide bonds. The second kappa shape index (κ2) is 9.33. The van der Waals surface area contributed by atoms with Crippen LogP contribution in [0, 0.1) is 5.82 Å². The van der Waals surface area contributed by atoms with Gasteiger partial charge in [0.2, 0.25) is 15.9 Å². The first-order valence-corrected chi connectivity index (χ1v) is 11.9. The Hall–Kier alpha value is -2.49. The van der Waals surface area contributed by atoms with Crippen molar-refractivity contribution in [3.8, 4) is 5.75 Å². The number of hydrogen-bond donors (Lipinski definition) is 2. The molecule has 2 aromatic rings. The molecule has 2 heterocycles. The minimum Gasteiger partial charge on any atom is -0.492 e. The highest BCUT2D eigenvalue weighted by atomic mass is 32.2. The Balaban J connectivity index is 1.25. The van der Waals surface area contributed by atoms with Gasteiger partial charge in [-0.3, -0.25) is 9.69 Å². The number of likely N-dealkylation sites (tertiary alicyclic amines) is 1. The summed E-state index contributed by atoms with van der Waals surface area (Å²) in [6, 6.07) is 10.7. The SMILES string of the molecule is O=C1CCc2cc(S(=O)(=O)NC3CCN(CCOc4ccc(F)cc4)CC3)ccc2N1. The molecular weight excluding hydrogens is 421 g/mol. The molecule has 2 aliphatic rings. The van der Waals surface area contributed by atoms with Crippen LogP contribution in [0.3, 0.4) is 0 Å². The van der Waals surface area contributed by atoms with Gasteiger partial charge in [0.25, 0.3) is 0 Å². The summed E-state index contributed by atoms with van der Waals surface area (Å²) in [5.74, 6) is 0.295. The zero-order chi connectivity index (χ0) is 21.8. The average molecular weight is 448 g/mol. The number of hydrogen-bond acceptors (Lipinski definition) is 5. The van der Waals surface area contributed by atoms with Crippen LogP contribution in [0.2, 0.25) is 0 Å². The lowest BCUT2D eigenvalue weighted by Crippen LogP contribution is -2.45. The number of nitrogens with zero attached hydrogens (tertiary/aromatic N) is 1. The largest absolute Gasteiger partial charge is 0.492 e. The molecule has 0 atom stereocenters. The first-order chi connectivity index (χ1) is 14.9. The van der Waals surface area contributed by atoms with E-state index in [1.807, 2.05) is 0 Å². The molecule has 2 N–H and O–H groups in total. The Morgan fingerprint density at radius 3 is 2.58 bits per heavy atom. The van der Waals surface area contributed by atoms with Crippen molar-refractivity contribution in [3.63, 3.8) is 0 Å². The molecule has 0 radical (unpaired) electrons. The lowest BCUT2D eigenvalue weighted by atomic mass is 10.0. The monoisotopic (exact) mass is 447 g/mol. The van der Waals surface area contributed by atoms with Gasteiger partial charge < -0.3 is 10.1 Å². The van der Waals surface area contributed by atoms with Crippen molar-refractivity contribution in [2.45, 2.75) is 36.6 Å². The molecule has 7 nitrogen and oxygen atoms in total. The van der Waals surface area contributed by atoms with E-state index < -0.39 is 10.0 Å². The second-order valence-corrected chi connectivity index (χ2v) is 9.62. The van der Waals surface area contributed by atoms with E-state index in [1.165, 1.54) is 18.2 Å². The van der Waals surface area contributed by atoms with E-state index in [0.29, 0.717) is 30.9 Å². The van der Waals surface area contributed by atoms with Crippen LogP contribution >= 0.6 is 0 Å². The van der Waals surface area contributed by atoms with Gasteiger partial charge in [-0.2, -0.15) is 0 Å². The van der Waals surface area contributed by atoms with Gasteiger partial charge in [0.05, 0.1) is 4.90 Å². The topological polar surface area (TPSA) is 87.7 Å². The molecule has 1 saturated heterocycles. The Morgan fingerprint density at radius 1 is 1.10 bits per heavy atom. The maximum Gasteiger partial charge on any atom is 0.240 e. The molecule has 0 unspecified atom stereocenters. The summed E-state index contributed by atoms with van der Waals surface area (Å²) in [5.41, 5.74) is 1.53. The number of halogens is 1.